The second-order valence-electron chi connectivity index (χ2n) is 4.83. The van der Waals surface area contributed by atoms with Gasteiger partial charge in [0, 0.05) is 11.3 Å². The Morgan fingerprint density at radius 1 is 1.35 bits per heavy atom. The average molecular weight is 301 g/mol. The number of nitrogens with zero attached hydrogens (tertiary/aromatic N) is 2. The molecular weight excluding hydrogens is 286 g/mol. The molecular formula is C15H15N3S2. The second kappa shape index (κ2) is 5.34. The lowest BCUT2D eigenvalue weighted by Gasteiger charge is -2.20. The number of hydrazone groups is 1. The van der Waals surface area contributed by atoms with Crippen LogP contribution in [-0.4, -0.2) is 15.8 Å². The van der Waals surface area contributed by atoms with Crippen LogP contribution in [0.3, 0.4) is 0 Å². The molecule has 0 amide bonds. The summed E-state index contributed by atoms with van der Waals surface area (Å²) in [4.78, 5) is 1.24. The molecule has 0 bridgehead atoms. The van der Waals surface area contributed by atoms with E-state index in [4.69, 9.17) is 18.0 Å². The summed E-state index contributed by atoms with van der Waals surface area (Å²) in [5.41, 5.74) is 9.23. The number of thiophene rings is 1. The lowest BCUT2D eigenvalue weighted by Crippen LogP contribution is -2.31. The van der Waals surface area contributed by atoms with E-state index in [9.17, 15) is 0 Å². The molecule has 0 saturated carbocycles. The van der Waals surface area contributed by atoms with Gasteiger partial charge in [0.1, 0.15) is 0 Å². The number of benzene rings is 1. The Labute approximate surface area is 127 Å². The van der Waals surface area contributed by atoms with Crippen LogP contribution in [0.25, 0.3) is 0 Å². The molecule has 2 N–H and O–H groups in total. The lowest BCUT2D eigenvalue weighted by atomic mass is 10.0. The number of thiocarbonyl (C=S) groups is 1. The van der Waals surface area contributed by atoms with Crippen molar-refractivity contribution in [2.24, 2.45) is 10.8 Å². The summed E-state index contributed by atoms with van der Waals surface area (Å²) in [5.74, 6) is 0. The first-order chi connectivity index (χ1) is 9.65. The minimum atomic E-state index is 0.129. The van der Waals surface area contributed by atoms with Gasteiger partial charge in [-0.2, -0.15) is 5.10 Å². The molecule has 1 aliphatic rings. The fourth-order valence-corrected chi connectivity index (χ4v) is 3.32. The van der Waals surface area contributed by atoms with Gasteiger partial charge in [-0.05, 0) is 36.2 Å². The first-order valence-corrected chi connectivity index (χ1v) is 7.70. The fourth-order valence-electron chi connectivity index (χ4n) is 2.34. The lowest BCUT2D eigenvalue weighted by molar-refractivity contribution is 0.378. The maximum absolute atomic E-state index is 5.81. The molecule has 3 rings (SSSR count). The highest BCUT2D eigenvalue weighted by Crippen LogP contribution is 2.34. The maximum Gasteiger partial charge on any atom is 0.187 e. The van der Waals surface area contributed by atoms with Crippen molar-refractivity contribution in [3.63, 3.8) is 0 Å². The van der Waals surface area contributed by atoms with Gasteiger partial charge in [-0.1, -0.05) is 35.9 Å². The molecule has 1 aliphatic heterocycles. The third kappa shape index (κ3) is 2.46. The topological polar surface area (TPSA) is 41.6 Å². The summed E-state index contributed by atoms with van der Waals surface area (Å²) in [6.07, 6.45) is 0.834. The highest BCUT2D eigenvalue weighted by molar-refractivity contribution is 7.80. The van der Waals surface area contributed by atoms with E-state index in [1.54, 1.807) is 16.3 Å². The largest absolute Gasteiger partial charge is 0.375 e. The Balaban J connectivity index is 1.92. The van der Waals surface area contributed by atoms with Gasteiger partial charge < -0.3 is 5.73 Å². The zero-order valence-corrected chi connectivity index (χ0v) is 12.7. The van der Waals surface area contributed by atoms with E-state index in [2.05, 4.69) is 47.7 Å². The van der Waals surface area contributed by atoms with Gasteiger partial charge in [0.2, 0.25) is 0 Å². The molecule has 20 heavy (non-hydrogen) atoms. The monoisotopic (exact) mass is 301 g/mol. The number of nitrogens with two attached hydrogens (primary N) is 1. The highest BCUT2D eigenvalue weighted by atomic mass is 32.1. The Kier molecular flexibility index (Phi) is 3.54. The second-order valence-corrected chi connectivity index (χ2v) is 6.23. The molecule has 2 aromatic rings. The van der Waals surface area contributed by atoms with Crippen LogP contribution in [0.15, 0.2) is 46.9 Å². The van der Waals surface area contributed by atoms with Crippen LogP contribution in [0.4, 0.5) is 0 Å². The zero-order valence-electron chi connectivity index (χ0n) is 11.1. The van der Waals surface area contributed by atoms with E-state index in [0.717, 1.165) is 17.7 Å². The Bertz CT molecular complexity index is 644. The van der Waals surface area contributed by atoms with E-state index in [-0.39, 0.29) is 6.04 Å². The molecule has 1 aromatic heterocycles. The number of hydrogen-bond donors (Lipinski definition) is 1. The van der Waals surface area contributed by atoms with Gasteiger partial charge in [-0.3, -0.25) is 0 Å². The van der Waals surface area contributed by atoms with Crippen LogP contribution >= 0.6 is 23.6 Å². The standard InChI is InChI=1S/C15H15N3S2/c1-10-4-6-11(7-5-10)12-9-13(14-3-2-8-20-14)18(17-12)15(16)19/h2-8,13H,9H2,1H3,(H2,16,19)/t13-/m0/s1. The first kappa shape index (κ1) is 13.3. The minimum absolute atomic E-state index is 0.129. The predicted octanol–water partition coefficient (Wildman–Crippen LogP) is 3.45. The summed E-state index contributed by atoms with van der Waals surface area (Å²) in [5, 5.41) is 8.77. The zero-order chi connectivity index (χ0) is 14.1. The Morgan fingerprint density at radius 3 is 2.70 bits per heavy atom. The van der Waals surface area contributed by atoms with Gasteiger partial charge in [0.25, 0.3) is 0 Å². The Morgan fingerprint density at radius 2 is 2.10 bits per heavy atom. The predicted molar refractivity (Wildman–Crippen MR) is 88.0 cm³/mol. The van der Waals surface area contributed by atoms with Crippen molar-refractivity contribution < 1.29 is 0 Å². The summed E-state index contributed by atoms with van der Waals surface area (Å²) < 4.78 is 0. The maximum atomic E-state index is 5.81. The summed E-state index contributed by atoms with van der Waals surface area (Å²) >= 11 is 6.84. The third-order valence-corrected chi connectivity index (χ3v) is 4.55. The van der Waals surface area contributed by atoms with Crippen molar-refractivity contribution in [3.05, 3.63) is 57.8 Å². The third-order valence-electron chi connectivity index (χ3n) is 3.39. The van der Waals surface area contributed by atoms with Crippen LogP contribution in [0.2, 0.25) is 0 Å². The van der Waals surface area contributed by atoms with Gasteiger partial charge >= 0.3 is 0 Å². The fraction of sp³-hybridized carbons (Fsp3) is 0.200. The summed E-state index contributed by atoms with van der Waals surface area (Å²) in [6, 6.07) is 12.7. The summed E-state index contributed by atoms with van der Waals surface area (Å²) in [7, 11) is 0. The van der Waals surface area contributed by atoms with E-state index in [1.165, 1.54) is 10.4 Å². The highest BCUT2D eigenvalue weighted by Gasteiger charge is 2.30. The van der Waals surface area contributed by atoms with Crippen molar-refractivity contribution >= 4 is 34.4 Å². The molecule has 0 spiro atoms. The molecule has 0 unspecified atom stereocenters. The molecule has 5 heteroatoms. The van der Waals surface area contributed by atoms with Crippen molar-refractivity contribution in [2.45, 2.75) is 19.4 Å². The van der Waals surface area contributed by atoms with E-state index < -0.39 is 0 Å². The molecule has 3 nitrogen and oxygen atoms in total. The number of rotatable bonds is 2. The van der Waals surface area contributed by atoms with Gasteiger partial charge in [-0.15, -0.1) is 11.3 Å². The van der Waals surface area contributed by atoms with E-state index in [1.807, 2.05) is 6.07 Å². The quantitative estimate of drug-likeness (QED) is 0.864. The van der Waals surface area contributed by atoms with Crippen molar-refractivity contribution in [1.29, 1.82) is 0 Å². The molecule has 102 valence electrons. The van der Waals surface area contributed by atoms with Gasteiger partial charge in [0.15, 0.2) is 5.11 Å². The molecule has 0 aliphatic carbocycles. The van der Waals surface area contributed by atoms with Crippen molar-refractivity contribution in [2.75, 3.05) is 0 Å². The van der Waals surface area contributed by atoms with Crippen molar-refractivity contribution in [3.8, 4) is 0 Å². The van der Waals surface area contributed by atoms with Crippen molar-refractivity contribution in [1.82, 2.24) is 5.01 Å². The molecule has 0 radical (unpaired) electrons. The minimum Gasteiger partial charge on any atom is -0.375 e. The van der Waals surface area contributed by atoms with E-state index >= 15 is 0 Å². The van der Waals surface area contributed by atoms with Gasteiger partial charge in [0.05, 0.1) is 11.8 Å². The first-order valence-electron chi connectivity index (χ1n) is 6.42. The van der Waals surface area contributed by atoms with Crippen LogP contribution in [0.5, 0.6) is 0 Å². The van der Waals surface area contributed by atoms with E-state index in [0.29, 0.717) is 5.11 Å². The van der Waals surface area contributed by atoms with Gasteiger partial charge in [-0.25, -0.2) is 5.01 Å². The Hall–Kier alpha value is -1.72. The smallest absolute Gasteiger partial charge is 0.187 e. The molecule has 2 heterocycles. The molecule has 0 saturated heterocycles. The molecule has 1 atom stereocenters. The molecule has 0 fully saturated rings. The SMILES string of the molecule is Cc1ccc(C2=NN(C(N)=S)[C@H](c3cccs3)C2)cc1. The van der Waals surface area contributed by atoms with Crippen LogP contribution < -0.4 is 5.73 Å². The van der Waals surface area contributed by atoms with Crippen LogP contribution in [0, 0.1) is 6.92 Å². The van der Waals surface area contributed by atoms with Crippen LogP contribution in [-0.2, 0) is 0 Å². The normalized spacial score (nSPS) is 18.1. The average Bonchev–Trinajstić information content (AvgIpc) is 3.08. The van der Waals surface area contributed by atoms with Crippen LogP contribution in [0.1, 0.15) is 28.5 Å². The number of aryl methyl sites for hydroxylation is 1. The number of hydrogen-bond acceptors (Lipinski definition) is 3. The summed E-state index contributed by atoms with van der Waals surface area (Å²) in [6.45, 7) is 2.08. The molecule has 1 aromatic carbocycles.